The summed E-state index contributed by atoms with van der Waals surface area (Å²) >= 11 is 0. The van der Waals surface area contributed by atoms with Crippen molar-refractivity contribution in [2.45, 2.75) is 46.3 Å². The Morgan fingerprint density at radius 3 is 2.28 bits per heavy atom. The van der Waals surface area contributed by atoms with Crippen LogP contribution >= 0.6 is 0 Å². The largest absolute Gasteiger partial charge is 0.491 e. The number of ketones is 1. The number of hydrogen-bond acceptors (Lipinski definition) is 3. The third-order valence-electron chi connectivity index (χ3n) is 2.67. The molecular weight excluding hydrogens is 226 g/mol. The van der Waals surface area contributed by atoms with Gasteiger partial charge in [-0.25, -0.2) is 0 Å². The van der Waals surface area contributed by atoms with Crippen LogP contribution in [0.4, 0.5) is 0 Å². The number of hydrogen-bond donors (Lipinski definition) is 1. The van der Waals surface area contributed by atoms with Gasteiger partial charge in [0.2, 0.25) is 0 Å². The van der Waals surface area contributed by atoms with E-state index >= 15 is 0 Å². The van der Waals surface area contributed by atoms with Crippen molar-refractivity contribution in [1.82, 2.24) is 5.32 Å². The highest BCUT2D eigenvalue weighted by atomic mass is 16.5. The standard InChI is InChI=1S/C15H23NO2/c1-6-16-15(4,5)14(17)12-7-9-13(10-8-12)18-11(2)3/h7-11,16H,6H2,1-5H3. The number of carbonyl (C=O) groups excluding carboxylic acids is 1. The average Bonchev–Trinajstić information content (AvgIpc) is 2.28. The Labute approximate surface area is 110 Å². The van der Waals surface area contributed by atoms with Crippen LogP contribution in [0.15, 0.2) is 24.3 Å². The second-order valence-corrected chi connectivity index (χ2v) is 5.18. The molecule has 100 valence electrons. The summed E-state index contributed by atoms with van der Waals surface area (Å²) in [6.07, 6.45) is 0.143. The highest BCUT2D eigenvalue weighted by molar-refractivity contribution is 6.02. The lowest BCUT2D eigenvalue weighted by molar-refractivity contribution is 0.0884. The number of likely N-dealkylation sites (N-methyl/N-ethyl adjacent to an activating group) is 1. The number of carbonyl (C=O) groups is 1. The van der Waals surface area contributed by atoms with Crippen molar-refractivity contribution in [3.63, 3.8) is 0 Å². The first-order valence-corrected chi connectivity index (χ1v) is 6.43. The molecule has 0 aliphatic carbocycles. The van der Waals surface area contributed by atoms with Gasteiger partial charge in [0.1, 0.15) is 5.75 Å². The molecule has 0 aromatic heterocycles. The molecule has 1 aromatic carbocycles. The summed E-state index contributed by atoms with van der Waals surface area (Å²) in [5.41, 5.74) is 0.173. The highest BCUT2D eigenvalue weighted by Crippen LogP contribution is 2.18. The molecule has 3 heteroatoms. The Morgan fingerprint density at radius 2 is 1.83 bits per heavy atom. The van der Waals surface area contributed by atoms with Crippen LogP contribution in [0.25, 0.3) is 0 Å². The first-order chi connectivity index (χ1) is 8.36. The summed E-state index contributed by atoms with van der Waals surface area (Å²) in [6, 6.07) is 7.32. The van der Waals surface area contributed by atoms with Gasteiger partial charge in [0, 0.05) is 5.56 Å². The lowest BCUT2D eigenvalue weighted by Gasteiger charge is -2.24. The Morgan fingerprint density at radius 1 is 1.28 bits per heavy atom. The molecule has 3 nitrogen and oxygen atoms in total. The molecule has 0 unspecified atom stereocenters. The van der Waals surface area contributed by atoms with E-state index < -0.39 is 5.54 Å². The number of rotatable bonds is 6. The molecule has 0 radical (unpaired) electrons. The molecule has 1 N–H and O–H groups in total. The molecule has 0 aliphatic rings. The predicted molar refractivity (Wildman–Crippen MR) is 74.3 cm³/mol. The van der Waals surface area contributed by atoms with Gasteiger partial charge in [-0.2, -0.15) is 0 Å². The van der Waals surface area contributed by atoms with E-state index in [-0.39, 0.29) is 11.9 Å². The Balaban J connectivity index is 2.82. The van der Waals surface area contributed by atoms with Crippen molar-refractivity contribution in [3.8, 4) is 5.75 Å². The van der Waals surface area contributed by atoms with Gasteiger partial charge in [0.15, 0.2) is 5.78 Å². The van der Waals surface area contributed by atoms with Gasteiger partial charge in [-0.3, -0.25) is 4.79 Å². The maximum atomic E-state index is 12.3. The third-order valence-corrected chi connectivity index (χ3v) is 2.67. The van der Waals surface area contributed by atoms with Crippen LogP contribution in [0.2, 0.25) is 0 Å². The van der Waals surface area contributed by atoms with Crippen molar-refractivity contribution in [3.05, 3.63) is 29.8 Å². The fourth-order valence-corrected chi connectivity index (χ4v) is 1.84. The summed E-state index contributed by atoms with van der Waals surface area (Å²) in [5.74, 6) is 0.892. The van der Waals surface area contributed by atoms with E-state index in [1.165, 1.54) is 0 Å². The molecule has 0 heterocycles. The lowest BCUT2D eigenvalue weighted by atomic mass is 9.93. The fraction of sp³-hybridized carbons (Fsp3) is 0.533. The molecule has 18 heavy (non-hydrogen) atoms. The van der Waals surface area contributed by atoms with E-state index in [4.69, 9.17) is 4.74 Å². The van der Waals surface area contributed by atoms with Crippen molar-refractivity contribution >= 4 is 5.78 Å². The molecule has 0 saturated carbocycles. The van der Waals surface area contributed by atoms with Gasteiger partial charge in [0.25, 0.3) is 0 Å². The van der Waals surface area contributed by atoms with E-state index in [1.54, 1.807) is 0 Å². The van der Waals surface area contributed by atoms with Gasteiger partial charge in [-0.05, 0) is 58.5 Å². The van der Waals surface area contributed by atoms with Crippen molar-refractivity contribution in [2.75, 3.05) is 6.54 Å². The third kappa shape index (κ3) is 3.84. The van der Waals surface area contributed by atoms with Crippen LogP contribution in [0.5, 0.6) is 5.75 Å². The Bertz CT molecular complexity index is 393. The van der Waals surface area contributed by atoms with Crippen molar-refractivity contribution in [1.29, 1.82) is 0 Å². The zero-order chi connectivity index (χ0) is 13.8. The minimum atomic E-state index is -0.533. The second-order valence-electron chi connectivity index (χ2n) is 5.18. The quantitative estimate of drug-likeness (QED) is 0.787. The van der Waals surface area contributed by atoms with E-state index in [0.717, 1.165) is 12.3 Å². The molecule has 0 atom stereocenters. The summed E-state index contributed by atoms with van der Waals surface area (Å²) < 4.78 is 5.56. The van der Waals surface area contributed by atoms with Crippen LogP contribution in [-0.2, 0) is 0 Å². The van der Waals surface area contributed by atoms with Crippen molar-refractivity contribution in [2.24, 2.45) is 0 Å². The van der Waals surface area contributed by atoms with Gasteiger partial charge in [0.05, 0.1) is 11.6 Å². The SMILES string of the molecule is CCNC(C)(C)C(=O)c1ccc(OC(C)C)cc1. The van der Waals surface area contributed by atoms with Crippen molar-refractivity contribution < 1.29 is 9.53 Å². The molecule has 0 fully saturated rings. The Hall–Kier alpha value is -1.35. The summed E-state index contributed by atoms with van der Waals surface area (Å²) in [7, 11) is 0. The first-order valence-electron chi connectivity index (χ1n) is 6.43. The maximum Gasteiger partial charge on any atom is 0.182 e. The molecule has 0 aliphatic heterocycles. The van der Waals surface area contributed by atoms with E-state index in [1.807, 2.05) is 58.9 Å². The molecule has 0 spiro atoms. The average molecular weight is 249 g/mol. The summed E-state index contributed by atoms with van der Waals surface area (Å²) in [5, 5.41) is 3.19. The normalized spacial score (nSPS) is 11.7. The number of benzene rings is 1. The maximum absolute atomic E-state index is 12.3. The smallest absolute Gasteiger partial charge is 0.182 e. The molecule has 0 saturated heterocycles. The fourth-order valence-electron chi connectivity index (χ4n) is 1.84. The van der Waals surface area contributed by atoms with Gasteiger partial charge >= 0.3 is 0 Å². The van der Waals surface area contributed by atoms with Crippen LogP contribution in [0.1, 0.15) is 45.0 Å². The van der Waals surface area contributed by atoms with E-state index in [9.17, 15) is 4.79 Å². The highest BCUT2D eigenvalue weighted by Gasteiger charge is 2.27. The van der Waals surface area contributed by atoms with Crippen LogP contribution < -0.4 is 10.1 Å². The molecular formula is C15H23NO2. The first kappa shape index (κ1) is 14.7. The van der Waals surface area contributed by atoms with Gasteiger partial charge in [-0.15, -0.1) is 0 Å². The molecule has 1 rings (SSSR count). The number of ether oxygens (including phenoxy) is 1. The molecule has 0 amide bonds. The topological polar surface area (TPSA) is 38.3 Å². The molecule has 1 aromatic rings. The predicted octanol–water partition coefficient (Wildman–Crippen LogP) is 3.04. The minimum Gasteiger partial charge on any atom is -0.491 e. The van der Waals surface area contributed by atoms with Crippen LogP contribution in [0.3, 0.4) is 0 Å². The summed E-state index contributed by atoms with van der Waals surface area (Å²) in [6.45, 7) is 10.5. The van der Waals surface area contributed by atoms with Gasteiger partial charge in [-0.1, -0.05) is 6.92 Å². The monoisotopic (exact) mass is 249 g/mol. The summed E-state index contributed by atoms with van der Waals surface area (Å²) in [4.78, 5) is 12.3. The van der Waals surface area contributed by atoms with Crippen LogP contribution in [-0.4, -0.2) is 24.0 Å². The number of Topliss-reactive ketones (excluding diaryl/α,β-unsaturated/α-hetero) is 1. The Kier molecular flexibility index (Phi) is 4.91. The van der Waals surface area contributed by atoms with E-state index in [2.05, 4.69) is 5.32 Å². The lowest BCUT2D eigenvalue weighted by Crippen LogP contribution is -2.46. The van der Waals surface area contributed by atoms with Gasteiger partial charge < -0.3 is 10.1 Å². The van der Waals surface area contributed by atoms with E-state index in [0.29, 0.717) is 5.56 Å². The second kappa shape index (κ2) is 6.01. The number of nitrogens with one attached hydrogen (secondary N) is 1. The van der Waals surface area contributed by atoms with Crippen LogP contribution in [0, 0.1) is 0 Å². The zero-order valence-electron chi connectivity index (χ0n) is 11.9. The molecule has 0 bridgehead atoms. The minimum absolute atomic E-state index is 0.0976. The zero-order valence-corrected chi connectivity index (χ0v) is 11.9.